The number of ether oxygens (including phenoxy) is 2. The minimum absolute atomic E-state index is 0.251. The van der Waals surface area contributed by atoms with Crippen LogP contribution in [0.5, 0.6) is 11.5 Å². The normalized spacial score (nSPS) is 12.9. The minimum atomic E-state index is -0.251. The molecule has 0 saturated heterocycles. The maximum atomic E-state index is 13.4. The minimum Gasteiger partial charge on any atom is -0.497 e. The van der Waals surface area contributed by atoms with Gasteiger partial charge in [0.25, 0.3) is 5.91 Å². The number of hydrogen-bond donors (Lipinski definition) is 1. The number of hydrogen-bond acceptors (Lipinski definition) is 6. The summed E-state index contributed by atoms with van der Waals surface area (Å²) in [6, 6.07) is 12.6. The van der Waals surface area contributed by atoms with E-state index in [0.29, 0.717) is 43.8 Å². The summed E-state index contributed by atoms with van der Waals surface area (Å²) in [7, 11) is 3.21. The fraction of sp³-hybridized carbons (Fsp3) is 0.240. The number of nitrogens with one attached hydrogen (secondary N) is 1. The standard InChI is InChI=1S/C25H22ClN3O3S/c1-31-15-8-10-22(32-2)18(12-15)21-13-17(16-11-14(26)7-9-19(16)27-21)24(30)29-25-28-20-5-3-4-6-23(20)33-25/h7-13H,3-6H2,1-2H3,(H,28,29,30). The van der Waals surface area contributed by atoms with Gasteiger partial charge in [0.2, 0.25) is 0 Å². The highest BCUT2D eigenvalue weighted by molar-refractivity contribution is 7.15. The van der Waals surface area contributed by atoms with Crippen LogP contribution in [0.3, 0.4) is 0 Å². The molecule has 0 aliphatic heterocycles. The summed E-state index contributed by atoms with van der Waals surface area (Å²) < 4.78 is 10.9. The van der Waals surface area contributed by atoms with Gasteiger partial charge >= 0.3 is 0 Å². The molecule has 0 radical (unpaired) electrons. The van der Waals surface area contributed by atoms with Crippen molar-refractivity contribution in [1.29, 1.82) is 0 Å². The topological polar surface area (TPSA) is 73.3 Å². The van der Waals surface area contributed by atoms with Crippen molar-refractivity contribution in [2.45, 2.75) is 25.7 Å². The van der Waals surface area contributed by atoms with E-state index in [1.807, 2.05) is 24.3 Å². The van der Waals surface area contributed by atoms with Crippen LogP contribution in [-0.2, 0) is 12.8 Å². The van der Waals surface area contributed by atoms with Gasteiger partial charge in [-0.1, -0.05) is 11.6 Å². The lowest BCUT2D eigenvalue weighted by Gasteiger charge is -2.13. The van der Waals surface area contributed by atoms with Crippen LogP contribution in [0.15, 0.2) is 42.5 Å². The van der Waals surface area contributed by atoms with Crippen molar-refractivity contribution in [3.63, 3.8) is 0 Å². The Hall–Kier alpha value is -3.16. The number of amides is 1. The Morgan fingerprint density at radius 2 is 1.88 bits per heavy atom. The molecule has 0 fully saturated rings. The predicted molar refractivity (Wildman–Crippen MR) is 132 cm³/mol. The molecule has 1 amide bonds. The Bertz CT molecular complexity index is 1350. The molecule has 4 aromatic rings. The lowest BCUT2D eigenvalue weighted by atomic mass is 10.0. The number of nitrogens with zero attached hydrogens (tertiary/aromatic N) is 2. The molecule has 0 saturated carbocycles. The number of aromatic nitrogens is 2. The van der Waals surface area contributed by atoms with Gasteiger partial charge in [0.05, 0.1) is 36.7 Å². The highest BCUT2D eigenvalue weighted by Gasteiger charge is 2.20. The van der Waals surface area contributed by atoms with E-state index in [9.17, 15) is 4.79 Å². The fourth-order valence-corrected chi connectivity index (χ4v) is 5.32. The van der Waals surface area contributed by atoms with Crippen LogP contribution in [0.2, 0.25) is 5.02 Å². The summed E-state index contributed by atoms with van der Waals surface area (Å²) in [5, 5.41) is 4.83. The maximum Gasteiger partial charge on any atom is 0.258 e. The molecule has 6 nitrogen and oxygen atoms in total. The van der Waals surface area contributed by atoms with E-state index >= 15 is 0 Å². The van der Waals surface area contributed by atoms with Crippen molar-refractivity contribution < 1.29 is 14.3 Å². The van der Waals surface area contributed by atoms with Crippen molar-refractivity contribution >= 4 is 44.9 Å². The second kappa shape index (κ2) is 9.00. The van der Waals surface area contributed by atoms with Crippen molar-refractivity contribution in [2.24, 2.45) is 0 Å². The number of rotatable bonds is 5. The molecular formula is C25H22ClN3O3S. The smallest absolute Gasteiger partial charge is 0.258 e. The molecule has 8 heteroatoms. The number of halogens is 1. The molecule has 0 bridgehead atoms. The van der Waals surface area contributed by atoms with Crippen molar-refractivity contribution in [3.8, 4) is 22.8 Å². The van der Waals surface area contributed by atoms with Gasteiger partial charge in [-0.3, -0.25) is 10.1 Å². The molecule has 1 aliphatic carbocycles. The summed E-state index contributed by atoms with van der Waals surface area (Å²) in [6.07, 6.45) is 4.30. The lowest BCUT2D eigenvalue weighted by molar-refractivity contribution is 0.102. The Kier molecular flexibility index (Phi) is 5.91. The van der Waals surface area contributed by atoms with Gasteiger partial charge < -0.3 is 9.47 Å². The Labute approximate surface area is 200 Å². The molecule has 0 unspecified atom stereocenters. The van der Waals surface area contributed by atoms with E-state index in [-0.39, 0.29) is 5.91 Å². The molecule has 0 spiro atoms. The van der Waals surface area contributed by atoms with Gasteiger partial charge in [-0.25, -0.2) is 9.97 Å². The summed E-state index contributed by atoms with van der Waals surface area (Å²) >= 11 is 7.82. The zero-order valence-electron chi connectivity index (χ0n) is 18.3. The highest BCUT2D eigenvalue weighted by atomic mass is 35.5. The average molecular weight is 480 g/mol. The molecule has 2 aromatic heterocycles. The van der Waals surface area contributed by atoms with Gasteiger partial charge in [0, 0.05) is 20.8 Å². The Morgan fingerprint density at radius 1 is 1.03 bits per heavy atom. The molecule has 1 aliphatic rings. The van der Waals surface area contributed by atoms with Crippen molar-refractivity contribution in [2.75, 3.05) is 19.5 Å². The number of methoxy groups -OCH3 is 2. The number of benzene rings is 2. The molecule has 5 rings (SSSR count). The third-order valence-electron chi connectivity index (χ3n) is 5.76. The summed E-state index contributed by atoms with van der Waals surface area (Å²) in [5.74, 6) is 1.05. The van der Waals surface area contributed by atoms with E-state index < -0.39 is 0 Å². The molecule has 2 aromatic carbocycles. The quantitative estimate of drug-likeness (QED) is 0.371. The molecule has 1 N–H and O–H groups in total. The Balaban J connectivity index is 1.61. The first kappa shape index (κ1) is 21.7. The molecular weight excluding hydrogens is 458 g/mol. The fourth-order valence-electron chi connectivity index (χ4n) is 4.11. The van der Waals surface area contributed by atoms with Crippen LogP contribution in [-0.4, -0.2) is 30.1 Å². The SMILES string of the molecule is COc1ccc(OC)c(-c2cc(C(=O)Nc3nc4c(s3)CCCC4)c3cc(Cl)ccc3n2)c1. The van der Waals surface area contributed by atoms with Gasteiger partial charge in [-0.15, -0.1) is 11.3 Å². The maximum absolute atomic E-state index is 13.4. The van der Waals surface area contributed by atoms with Crippen LogP contribution >= 0.6 is 22.9 Å². The third kappa shape index (κ3) is 4.26. The second-order valence-corrected chi connectivity index (χ2v) is 9.35. The van der Waals surface area contributed by atoms with E-state index in [2.05, 4.69) is 10.3 Å². The molecule has 2 heterocycles. The summed E-state index contributed by atoms with van der Waals surface area (Å²) in [4.78, 5) is 24.1. The number of carbonyl (C=O) groups excluding carboxylic acids is 1. The second-order valence-electron chi connectivity index (χ2n) is 7.83. The number of carbonyl (C=O) groups is 1. The van der Waals surface area contributed by atoms with Crippen LogP contribution in [0.1, 0.15) is 33.8 Å². The zero-order valence-corrected chi connectivity index (χ0v) is 19.8. The van der Waals surface area contributed by atoms with Gasteiger partial charge in [-0.2, -0.15) is 0 Å². The van der Waals surface area contributed by atoms with Gasteiger partial charge in [0.1, 0.15) is 11.5 Å². The van der Waals surface area contributed by atoms with Crippen LogP contribution < -0.4 is 14.8 Å². The highest BCUT2D eigenvalue weighted by Crippen LogP contribution is 2.36. The van der Waals surface area contributed by atoms with Gasteiger partial charge in [0.15, 0.2) is 5.13 Å². The first-order valence-corrected chi connectivity index (χ1v) is 11.9. The summed E-state index contributed by atoms with van der Waals surface area (Å²) in [6.45, 7) is 0. The largest absolute Gasteiger partial charge is 0.497 e. The van der Waals surface area contributed by atoms with Crippen molar-refractivity contribution in [1.82, 2.24) is 9.97 Å². The van der Waals surface area contributed by atoms with E-state index in [1.165, 1.54) is 11.3 Å². The number of anilines is 1. The number of thiazole rings is 1. The monoisotopic (exact) mass is 479 g/mol. The first-order chi connectivity index (χ1) is 16.1. The van der Waals surface area contributed by atoms with Crippen LogP contribution in [0.4, 0.5) is 5.13 Å². The van der Waals surface area contributed by atoms with Gasteiger partial charge in [-0.05, 0) is 68.1 Å². The van der Waals surface area contributed by atoms with Crippen LogP contribution in [0, 0.1) is 0 Å². The van der Waals surface area contributed by atoms with Crippen molar-refractivity contribution in [3.05, 3.63) is 63.6 Å². The molecule has 168 valence electrons. The summed E-state index contributed by atoms with van der Waals surface area (Å²) in [5.41, 5.74) is 3.56. The van der Waals surface area contributed by atoms with E-state index in [4.69, 9.17) is 26.1 Å². The third-order valence-corrected chi connectivity index (χ3v) is 7.07. The lowest BCUT2D eigenvalue weighted by Crippen LogP contribution is -2.13. The van der Waals surface area contributed by atoms with E-state index in [1.54, 1.807) is 43.8 Å². The predicted octanol–water partition coefficient (Wildman–Crippen LogP) is 6.16. The average Bonchev–Trinajstić information content (AvgIpc) is 3.25. The molecule has 33 heavy (non-hydrogen) atoms. The Morgan fingerprint density at radius 3 is 2.67 bits per heavy atom. The van der Waals surface area contributed by atoms with E-state index in [0.717, 1.165) is 30.5 Å². The zero-order chi connectivity index (χ0) is 22.9. The first-order valence-electron chi connectivity index (χ1n) is 10.7. The molecule has 0 atom stereocenters. The van der Waals surface area contributed by atoms with Crippen LogP contribution in [0.25, 0.3) is 22.2 Å². The number of fused-ring (bicyclic) bond motifs is 2. The number of pyridine rings is 1. The number of aryl methyl sites for hydroxylation is 2.